The Morgan fingerprint density at radius 2 is 1.79 bits per heavy atom. The number of Topliss-reactive ketones (excluding diaryl/α,β-unsaturated/α-hetero) is 1. The smallest absolute Gasteiger partial charge is 0.343 e. The molecule has 0 spiro atoms. The first-order chi connectivity index (χ1) is 13.1. The maximum absolute atomic E-state index is 13.1. The number of methoxy groups -OCH3 is 2. The van der Waals surface area contributed by atoms with Crippen molar-refractivity contribution in [3.63, 3.8) is 0 Å². The molecule has 1 heterocycles. The first-order valence-electron chi connectivity index (χ1n) is 10.1. The van der Waals surface area contributed by atoms with E-state index in [1.54, 1.807) is 6.07 Å². The summed E-state index contributed by atoms with van der Waals surface area (Å²) in [5.41, 5.74) is 1.23. The molecule has 154 valence electrons. The highest BCUT2D eigenvalue weighted by atomic mass is 16.6. The molecule has 1 aromatic carbocycles. The fraction of sp³-hybridized carbons (Fsp3) is 0.652. The second-order valence-electron chi connectivity index (χ2n) is 9.15. The minimum Gasteiger partial charge on any atom is -0.493 e. The zero-order valence-electron chi connectivity index (χ0n) is 18.0. The molecule has 4 atom stereocenters. The number of cyclic esters (lactones) is 1. The Morgan fingerprint density at radius 3 is 2.36 bits per heavy atom. The van der Waals surface area contributed by atoms with E-state index in [0.717, 1.165) is 18.4 Å². The van der Waals surface area contributed by atoms with Gasteiger partial charge in [-0.15, -0.1) is 0 Å². The van der Waals surface area contributed by atoms with Crippen LogP contribution in [0.25, 0.3) is 0 Å². The van der Waals surface area contributed by atoms with Crippen LogP contribution in [0, 0.1) is 29.1 Å². The predicted octanol–water partition coefficient (Wildman–Crippen LogP) is 4.83. The van der Waals surface area contributed by atoms with Gasteiger partial charge in [-0.2, -0.15) is 0 Å². The summed E-state index contributed by atoms with van der Waals surface area (Å²) in [4.78, 5) is 25.8. The number of fused-ring (bicyclic) bond motifs is 1. The number of ketones is 1. The van der Waals surface area contributed by atoms with E-state index in [9.17, 15) is 9.59 Å². The molecule has 1 fully saturated rings. The summed E-state index contributed by atoms with van der Waals surface area (Å²) in [7, 11) is 3.04. The molecular weight excluding hydrogens is 356 g/mol. The van der Waals surface area contributed by atoms with E-state index >= 15 is 0 Å². The summed E-state index contributed by atoms with van der Waals surface area (Å²) in [6, 6.07) is 3.61. The maximum atomic E-state index is 13.1. The zero-order chi connectivity index (χ0) is 20.8. The molecule has 5 heteroatoms. The number of carbonyl (C=O) groups is 2. The molecule has 0 radical (unpaired) electrons. The standard InChI is InChI=1S/C23H32O5/c1-12(2)23(4,5)14-10-13(3)19(24)16(11-14)20-15-8-9-17(26-6)21(27-7)18(15)22(25)28-20/h8-9,12-14,16,20H,10-11H2,1-7H3/t13-,14+,16+,20+/m1/s1. The predicted molar refractivity (Wildman–Crippen MR) is 107 cm³/mol. The van der Waals surface area contributed by atoms with Crippen molar-refractivity contribution in [1.29, 1.82) is 0 Å². The van der Waals surface area contributed by atoms with Crippen molar-refractivity contribution in [2.75, 3.05) is 14.2 Å². The second-order valence-corrected chi connectivity index (χ2v) is 9.15. The van der Waals surface area contributed by atoms with Crippen LogP contribution in [0.2, 0.25) is 0 Å². The van der Waals surface area contributed by atoms with E-state index in [4.69, 9.17) is 14.2 Å². The lowest BCUT2D eigenvalue weighted by Gasteiger charge is -2.45. The van der Waals surface area contributed by atoms with Crippen molar-refractivity contribution in [2.45, 2.75) is 53.6 Å². The van der Waals surface area contributed by atoms with Crippen molar-refractivity contribution in [3.05, 3.63) is 23.3 Å². The van der Waals surface area contributed by atoms with Crippen molar-refractivity contribution < 1.29 is 23.8 Å². The fourth-order valence-electron chi connectivity index (χ4n) is 4.71. The molecule has 0 N–H and O–H groups in total. The van der Waals surface area contributed by atoms with Gasteiger partial charge in [0, 0.05) is 11.5 Å². The van der Waals surface area contributed by atoms with Crippen LogP contribution in [0.1, 0.15) is 69.5 Å². The van der Waals surface area contributed by atoms with Crippen LogP contribution in [0.5, 0.6) is 11.5 Å². The van der Waals surface area contributed by atoms with Crippen LogP contribution < -0.4 is 9.47 Å². The van der Waals surface area contributed by atoms with E-state index in [1.165, 1.54) is 14.2 Å². The Bertz CT molecular complexity index is 779. The van der Waals surface area contributed by atoms with Gasteiger partial charge >= 0.3 is 5.97 Å². The zero-order valence-corrected chi connectivity index (χ0v) is 18.0. The molecule has 2 aliphatic rings. The summed E-state index contributed by atoms with van der Waals surface area (Å²) < 4.78 is 16.5. The normalized spacial score (nSPS) is 27.6. The number of ether oxygens (including phenoxy) is 3. The van der Waals surface area contributed by atoms with Crippen LogP contribution in [0.4, 0.5) is 0 Å². The average molecular weight is 389 g/mol. The van der Waals surface area contributed by atoms with Gasteiger partial charge < -0.3 is 14.2 Å². The fourth-order valence-corrected chi connectivity index (χ4v) is 4.71. The first-order valence-corrected chi connectivity index (χ1v) is 10.1. The SMILES string of the molecule is COc1ccc2c(c1OC)C(=O)O[C@@H]2[C@H]1C[C@@H](C(C)(C)C(C)C)C[C@@H](C)C1=O. The lowest BCUT2D eigenvalue weighted by atomic mass is 9.60. The van der Waals surface area contributed by atoms with Crippen molar-refractivity contribution in [1.82, 2.24) is 0 Å². The molecule has 1 saturated carbocycles. The third-order valence-electron chi connectivity index (χ3n) is 7.26. The summed E-state index contributed by atoms with van der Waals surface area (Å²) in [6.07, 6.45) is 1.07. The van der Waals surface area contributed by atoms with Crippen LogP contribution >= 0.6 is 0 Å². The van der Waals surface area contributed by atoms with E-state index in [-0.39, 0.29) is 23.0 Å². The van der Waals surface area contributed by atoms with Crippen LogP contribution in [0.15, 0.2) is 12.1 Å². The van der Waals surface area contributed by atoms with Gasteiger partial charge in [0.1, 0.15) is 17.5 Å². The van der Waals surface area contributed by atoms with Gasteiger partial charge in [-0.3, -0.25) is 4.79 Å². The van der Waals surface area contributed by atoms with Crippen molar-refractivity contribution in [2.24, 2.45) is 29.1 Å². The number of hydrogen-bond donors (Lipinski definition) is 0. The number of rotatable bonds is 5. The molecule has 28 heavy (non-hydrogen) atoms. The average Bonchev–Trinajstić information content (AvgIpc) is 2.99. The Morgan fingerprint density at radius 1 is 1.11 bits per heavy atom. The minimum atomic E-state index is -0.553. The van der Waals surface area contributed by atoms with Gasteiger partial charge in [0.25, 0.3) is 0 Å². The van der Waals surface area contributed by atoms with Gasteiger partial charge in [0.2, 0.25) is 0 Å². The van der Waals surface area contributed by atoms with Gasteiger partial charge in [-0.25, -0.2) is 4.79 Å². The summed E-state index contributed by atoms with van der Waals surface area (Å²) in [5, 5.41) is 0. The number of esters is 1. The number of carbonyl (C=O) groups excluding carboxylic acids is 2. The molecule has 1 aliphatic heterocycles. The number of hydrogen-bond acceptors (Lipinski definition) is 5. The summed E-state index contributed by atoms with van der Waals surface area (Å²) in [5.74, 6) is 1.15. The van der Waals surface area contributed by atoms with Gasteiger partial charge in [0.05, 0.1) is 20.1 Å². The van der Waals surface area contributed by atoms with Crippen LogP contribution in [-0.2, 0) is 9.53 Å². The largest absolute Gasteiger partial charge is 0.493 e. The van der Waals surface area contributed by atoms with E-state index in [2.05, 4.69) is 27.7 Å². The molecule has 0 aromatic heterocycles. The Kier molecular flexibility index (Phi) is 5.48. The summed E-state index contributed by atoms with van der Waals surface area (Å²) in [6.45, 7) is 11.0. The van der Waals surface area contributed by atoms with E-state index in [0.29, 0.717) is 28.9 Å². The van der Waals surface area contributed by atoms with Crippen LogP contribution in [-0.4, -0.2) is 26.0 Å². The Balaban J connectivity index is 2.00. The Labute approximate surface area is 167 Å². The molecule has 5 nitrogen and oxygen atoms in total. The highest BCUT2D eigenvalue weighted by molar-refractivity contribution is 5.99. The van der Waals surface area contributed by atoms with Crippen molar-refractivity contribution in [3.8, 4) is 11.5 Å². The summed E-state index contributed by atoms with van der Waals surface area (Å²) >= 11 is 0. The molecule has 1 aliphatic carbocycles. The third kappa shape index (κ3) is 3.19. The highest BCUT2D eigenvalue weighted by Crippen LogP contribution is 2.52. The second kappa shape index (κ2) is 7.41. The quantitative estimate of drug-likeness (QED) is 0.676. The third-order valence-corrected chi connectivity index (χ3v) is 7.26. The lowest BCUT2D eigenvalue weighted by Crippen LogP contribution is -2.42. The highest BCUT2D eigenvalue weighted by Gasteiger charge is 2.49. The molecule has 0 amide bonds. The van der Waals surface area contributed by atoms with Crippen molar-refractivity contribution >= 4 is 11.8 Å². The van der Waals surface area contributed by atoms with E-state index in [1.807, 2.05) is 13.0 Å². The van der Waals surface area contributed by atoms with Gasteiger partial charge in [0.15, 0.2) is 11.5 Å². The lowest BCUT2D eigenvalue weighted by molar-refractivity contribution is -0.136. The molecule has 0 unspecified atom stereocenters. The molecule has 3 rings (SSSR count). The van der Waals surface area contributed by atoms with Gasteiger partial charge in [-0.05, 0) is 36.2 Å². The topological polar surface area (TPSA) is 61.8 Å². The molecule has 0 saturated heterocycles. The maximum Gasteiger partial charge on any atom is 0.343 e. The van der Waals surface area contributed by atoms with Crippen LogP contribution in [0.3, 0.4) is 0 Å². The Hall–Kier alpha value is -2.04. The molecular formula is C23H32O5. The number of benzene rings is 1. The molecule has 1 aromatic rings. The molecule has 0 bridgehead atoms. The monoisotopic (exact) mass is 388 g/mol. The van der Waals surface area contributed by atoms with E-state index < -0.39 is 12.1 Å². The minimum absolute atomic E-state index is 0.0373. The first kappa shape index (κ1) is 20.7. The van der Waals surface area contributed by atoms with Gasteiger partial charge in [-0.1, -0.05) is 40.7 Å².